The Kier molecular flexibility index (Phi) is 4.16. The van der Waals surface area contributed by atoms with Crippen molar-refractivity contribution < 1.29 is 13.6 Å². The summed E-state index contributed by atoms with van der Waals surface area (Å²) in [5.74, 6) is -2.63. The number of amides is 1. The standard InChI is InChI=1S/C21H15F2N3O/c1-13-9-10-26-12-18(25-19(26)11-13)14-5-7-15(8-6-14)24-21(27)20-16(22)3-2-4-17(20)23/h2-12H,1H3,(H,24,27). The molecule has 0 bridgehead atoms. The normalized spacial score (nSPS) is 10.9. The highest BCUT2D eigenvalue weighted by Crippen LogP contribution is 2.22. The van der Waals surface area contributed by atoms with Gasteiger partial charge in [-0.25, -0.2) is 13.8 Å². The summed E-state index contributed by atoms with van der Waals surface area (Å²) in [4.78, 5) is 16.7. The van der Waals surface area contributed by atoms with E-state index in [0.717, 1.165) is 34.6 Å². The quantitative estimate of drug-likeness (QED) is 0.566. The lowest BCUT2D eigenvalue weighted by Crippen LogP contribution is -2.15. The van der Waals surface area contributed by atoms with Crippen LogP contribution in [0.4, 0.5) is 14.5 Å². The van der Waals surface area contributed by atoms with Gasteiger partial charge in [0.1, 0.15) is 22.8 Å². The SMILES string of the molecule is Cc1ccn2cc(-c3ccc(NC(=O)c4c(F)cccc4F)cc3)nc2c1. The van der Waals surface area contributed by atoms with Gasteiger partial charge >= 0.3 is 0 Å². The molecule has 4 nitrogen and oxygen atoms in total. The maximum Gasteiger partial charge on any atom is 0.261 e. The van der Waals surface area contributed by atoms with Gasteiger partial charge in [0, 0.05) is 23.6 Å². The first-order valence-corrected chi connectivity index (χ1v) is 8.32. The van der Waals surface area contributed by atoms with Gasteiger partial charge in [-0.05, 0) is 48.9 Å². The van der Waals surface area contributed by atoms with E-state index in [0.29, 0.717) is 5.69 Å². The van der Waals surface area contributed by atoms with Crippen molar-refractivity contribution >= 4 is 17.2 Å². The second-order valence-corrected chi connectivity index (χ2v) is 6.22. The van der Waals surface area contributed by atoms with Crippen LogP contribution in [0.15, 0.2) is 67.0 Å². The number of carbonyl (C=O) groups is 1. The smallest absolute Gasteiger partial charge is 0.261 e. The van der Waals surface area contributed by atoms with E-state index in [1.807, 2.05) is 35.9 Å². The molecule has 134 valence electrons. The molecule has 4 aromatic rings. The van der Waals surface area contributed by atoms with E-state index in [1.54, 1.807) is 24.3 Å². The van der Waals surface area contributed by atoms with E-state index in [9.17, 15) is 13.6 Å². The lowest BCUT2D eigenvalue weighted by Gasteiger charge is -2.07. The Bertz CT molecular complexity index is 1130. The van der Waals surface area contributed by atoms with Gasteiger partial charge in [-0.15, -0.1) is 0 Å². The topological polar surface area (TPSA) is 46.4 Å². The van der Waals surface area contributed by atoms with E-state index in [4.69, 9.17) is 0 Å². The van der Waals surface area contributed by atoms with Crippen molar-refractivity contribution in [3.8, 4) is 11.3 Å². The third-order valence-electron chi connectivity index (χ3n) is 4.24. The fraction of sp³-hybridized carbons (Fsp3) is 0.0476. The first-order valence-electron chi connectivity index (χ1n) is 8.32. The van der Waals surface area contributed by atoms with Crippen molar-refractivity contribution in [2.75, 3.05) is 5.32 Å². The second-order valence-electron chi connectivity index (χ2n) is 6.22. The molecule has 27 heavy (non-hydrogen) atoms. The van der Waals surface area contributed by atoms with Crippen LogP contribution in [-0.2, 0) is 0 Å². The highest BCUT2D eigenvalue weighted by Gasteiger charge is 2.17. The van der Waals surface area contributed by atoms with Crippen LogP contribution in [0.3, 0.4) is 0 Å². The summed E-state index contributed by atoms with van der Waals surface area (Å²) in [6.45, 7) is 2.00. The molecule has 0 aliphatic carbocycles. The zero-order valence-corrected chi connectivity index (χ0v) is 14.4. The number of hydrogen-bond donors (Lipinski definition) is 1. The minimum Gasteiger partial charge on any atom is -0.322 e. The predicted octanol–water partition coefficient (Wildman–Crippen LogP) is 4.84. The summed E-state index contributed by atoms with van der Waals surface area (Å²) >= 11 is 0. The van der Waals surface area contributed by atoms with Gasteiger partial charge in [-0.1, -0.05) is 18.2 Å². The predicted molar refractivity (Wildman–Crippen MR) is 99.7 cm³/mol. The Morgan fingerprint density at radius 1 is 1.04 bits per heavy atom. The van der Waals surface area contributed by atoms with Crippen molar-refractivity contribution in [3.05, 3.63) is 89.8 Å². The Morgan fingerprint density at radius 2 is 1.74 bits per heavy atom. The molecule has 0 unspecified atom stereocenters. The maximum absolute atomic E-state index is 13.7. The van der Waals surface area contributed by atoms with Gasteiger partial charge in [-0.3, -0.25) is 4.79 Å². The number of aromatic nitrogens is 2. The first kappa shape index (κ1) is 16.9. The molecule has 0 atom stereocenters. The molecular weight excluding hydrogens is 348 g/mol. The summed E-state index contributed by atoms with van der Waals surface area (Å²) in [5, 5.41) is 2.51. The number of rotatable bonds is 3. The Morgan fingerprint density at radius 3 is 2.44 bits per heavy atom. The molecule has 2 heterocycles. The number of halogens is 2. The van der Waals surface area contributed by atoms with Crippen molar-refractivity contribution in [1.29, 1.82) is 0 Å². The highest BCUT2D eigenvalue weighted by atomic mass is 19.1. The second kappa shape index (κ2) is 6.64. The summed E-state index contributed by atoms with van der Waals surface area (Å²) in [7, 11) is 0. The molecule has 2 aromatic carbocycles. The molecular formula is C21H15F2N3O. The lowest BCUT2D eigenvalue weighted by atomic mass is 10.1. The van der Waals surface area contributed by atoms with Gasteiger partial charge in [-0.2, -0.15) is 0 Å². The van der Waals surface area contributed by atoms with Crippen molar-refractivity contribution in [1.82, 2.24) is 9.38 Å². The zero-order valence-electron chi connectivity index (χ0n) is 14.4. The number of carbonyl (C=O) groups excluding carboxylic acids is 1. The molecule has 0 radical (unpaired) electrons. The van der Waals surface area contributed by atoms with Crippen LogP contribution in [0.5, 0.6) is 0 Å². The van der Waals surface area contributed by atoms with Crippen molar-refractivity contribution in [2.24, 2.45) is 0 Å². The number of pyridine rings is 1. The van der Waals surface area contributed by atoms with Crippen LogP contribution in [-0.4, -0.2) is 15.3 Å². The van der Waals surface area contributed by atoms with Crippen LogP contribution in [0, 0.1) is 18.6 Å². The molecule has 2 aromatic heterocycles. The average Bonchev–Trinajstić information content (AvgIpc) is 3.05. The molecule has 0 fully saturated rings. The third-order valence-corrected chi connectivity index (χ3v) is 4.24. The molecule has 1 N–H and O–H groups in total. The summed E-state index contributed by atoms with van der Waals surface area (Å²) < 4.78 is 29.3. The third kappa shape index (κ3) is 3.29. The number of aryl methyl sites for hydroxylation is 1. The molecule has 4 rings (SSSR count). The van der Waals surface area contributed by atoms with Gasteiger partial charge in [0.2, 0.25) is 0 Å². The number of nitrogens with zero attached hydrogens (tertiary/aromatic N) is 2. The van der Waals surface area contributed by atoms with Crippen LogP contribution in [0.25, 0.3) is 16.9 Å². The number of nitrogens with one attached hydrogen (secondary N) is 1. The van der Waals surface area contributed by atoms with E-state index >= 15 is 0 Å². The van der Waals surface area contributed by atoms with E-state index < -0.39 is 23.1 Å². The molecule has 0 aliphatic rings. The Balaban J connectivity index is 1.57. The minimum atomic E-state index is -0.899. The largest absolute Gasteiger partial charge is 0.322 e. The number of imidazole rings is 1. The Hall–Kier alpha value is -3.54. The van der Waals surface area contributed by atoms with Crippen molar-refractivity contribution in [2.45, 2.75) is 6.92 Å². The van der Waals surface area contributed by atoms with Gasteiger partial charge in [0.05, 0.1) is 5.69 Å². The number of anilines is 1. The van der Waals surface area contributed by atoms with Crippen LogP contribution in [0.2, 0.25) is 0 Å². The number of fused-ring (bicyclic) bond motifs is 1. The maximum atomic E-state index is 13.7. The monoisotopic (exact) mass is 363 g/mol. The fourth-order valence-corrected chi connectivity index (χ4v) is 2.86. The fourth-order valence-electron chi connectivity index (χ4n) is 2.86. The van der Waals surface area contributed by atoms with Crippen LogP contribution < -0.4 is 5.32 Å². The molecule has 1 amide bonds. The van der Waals surface area contributed by atoms with E-state index in [-0.39, 0.29) is 0 Å². The minimum absolute atomic E-state index is 0.436. The molecule has 0 aliphatic heterocycles. The average molecular weight is 363 g/mol. The molecule has 0 spiro atoms. The van der Waals surface area contributed by atoms with Crippen LogP contribution >= 0.6 is 0 Å². The van der Waals surface area contributed by atoms with E-state index in [1.165, 1.54) is 6.07 Å². The van der Waals surface area contributed by atoms with Crippen LogP contribution in [0.1, 0.15) is 15.9 Å². The number of benzene rings is 2. The number of hydrogen-bond acceptors (Lipinski definition) is 2. The van der Waals surface area contributed by atoms with E-state index in [2.05, 4.69) is 10.3 Å². The Labute approximate surface area is 154 Å². The lowest BCUT2D eigenvalue weighted by molar-refractivity contribution is 0.101. The van der Waals surface area contributed by atoms with Gasteiger partial charge in [0.25, 0.3) is 5.91 Å². The summed E-state index contributed by atoms with van der Waals surface area (Å²) in [6.07, 6.45) is 3.86. The molecule has 6 heteroatoms. The zero-order chi connectivity index (χ0) is 19.0. The van der Waals surface area contributed by atoms with Gasteiger partial charge < -0.3 is 9.72 Å². The first-order chi connectivity index (χ1) is 13.0. The highest BCUT2D eigenvalue weighted by molar-refractivity contribution is 6.04. The molecule has 0 saturated carbocycles. The van der Waals surface area contributed by atoms with Crippen molar-refractivity contribution in [3.63, 3.8) is 0 Å². The van der Waals surface area contributed by atoms with Gasteiger partial charge in [0.15, 0.2) is 0 Å². The molecule has 0 saturated heterocycles. The summed E-state index contributed by atoms with van der Waals surface area (Å²) in [6, 6.07) is 14.2. The summed E-state index contributed by atoms with van der Waals surface area (Å²) in [5.41, 5.74) is 3.46.